The highest BCUT2D eigenvalue weighted by atomic mass is 19.1. The van der Waals surface area contributed by atoms with Gasteiger partial charge in [-0.15, -0.1) is 5.10 Å². The minimum Gasteiger partial charge on any atom is -0.452 e. The lowest BCUT2D eigenvalue weighted by Crippen LogP contribution is -1.91. The molecule has 5 nitrogen and oxygen atoms in total. The van der Waals surface area contributed by atoms with E-state index in [1.807, 2.05) is 0 Å². The van der Waals surface area contributed by atoms with Crippen LogP contribution >= 0.6 is 0 Å². The van der Waals surface area contributed by atoms with Crippen LogP contribution in [-0.2, 0) is 0 Å². The van der Waals surface area contributed by atoms with E-state index in [1.165, 1.54) is 25.3 Å². The summed E-state index contributed by atoms with van der Waals surface area (Å²) in [6, 6.07) is 3.92. The first-order valence-electron chi connectivity index (χ1n) is 4.13. The zero-order valence-electron chi connectivity index (χ0n) is 7.90. The Labute approximate surface area is 84.7 Å². The van der Waals surface area contributed by atoms with Crippen molar-refractivity contribution in [3.8, 4) is 17.5 Å². The van der Waals surface area contributed by atoms with E-state index in [9.17, 15) is 4.39 Å². The van der Waals surface area contributed by atoms with Crippen LogP contribution < -0.4 is 10.5 Å². The minimum absolute atomic E-state index is 0.0359. The summed E-state index contributed by atoms with van der Waals surface area (Å²) in [5.41, 5.74) is 6.31. The number of benzene rings is 1. The van der Waals surface area contributed by atoms with Crippen molar-refractivity contribution < 1.29 is 13.5 Å². The second-order valence-electron chi connectivity index (χ2n) is 2.81. The molecule has 0 aliphatic carbocycles. The second-order valence-corrected chi connectivity index (χ2v) is 2.81. The monoisotopic (exact) mass is 209 g/mol. The fraction of sp³-hybridized carbons (Fsp3) is 0.111. The maximum absolute atomic E-state index is 12.8. The van der Waals surface area contributed by atoms with Crippen LogP contribution in [0.15, 0.2) is 22.6 Å². The van der Waals surface area contributed by atoms with Gasteiger partial charge in [0, 0.05) is 5.69 Å². The zero-order valence-corrected chi connectivity index (χ0v) is 7.90. The van der Waals surface area contributed by atoms with Crippen LogP contribution in [-0.4, -0.2) is 17.3 Å². The molecule has 0 amide bonds. The molecule has 6 heteroatoms. The third-order valence-electron chi connectivity index (χ3n) is 1.83. The van der Waals surface area contributed by atoms with Crippen LogP contribution in [0.3, 0.4) is 0 Å². The second kappa shape index (κ2) is 3.56. The number of anilines is 1. The number of nitrogens with two attached hydrogens (primary N) is 1. The van der Waals surface area contributed by atoms with E-state index >= 15 is 0 Å². The molecule has 1 aromatic carbocycles. The summed E-state index contributed by atoms with van der Waals surface area (Å²) in [5, 5.41) is 7.29. The van der Waals surface area contributed by atoms with E-state index in [1.54, 1.807) is 0 Å². The first kappa shape index (κ1) is 9.45. The SMILES string of the molecule is COc1nnc(-c2ccc(F)cc2N)o1. The molecule has 0 saturated carbocycles. The Kier molecular flexibility index (Phi) is 2.24. The third-order valence-corrected chi connectivity index (χ3v) is 1.83. The minimum atomic E-state index is -0.414. The van der Waals surface area contributed by atoms with E-state index in [0.29, 0.717) is 5.56 Å². The van der Waals surface area contributed by atoms with E-state index in [0.717, 1.165) is 0 Å². The maximum Gasteiger partial charge on any atom is 0.414 e. The highest BCUT2D eigenvalue weighted by Crippen LogP contribution is 2.26. The van der Waals surface area contributed by atoms with Crippen molar-refractivity contribution in [3.05, 3.63) is 24.0 Å². The molecule has 0 radical (unpaired) electrons. The van der Waals surface area contributed by atoms with E-state index in [2.05, 4.69) is 10.2 Å². The number of aromatic nitrogens is 2. The topological polar surface area (TPSA) is 74.2 Å². The Balaban J connectivity index is 2.44. The Morgan fingerprint density at radius 2 is 2.20 bits per heavy atom. The van der Waals surface area contributed by atoms with Gasteiger partial charge >= 0.3 is 6.08 Å². The third kappa shape index (κ3) is 1.74. The Hall–Kier alpha value is -2.11. The molecule has 0 aliphatic heterocycles. The smallest absolute Gasteiger partial charge is 0.414 e. The number of methoxy groups -OCH3 is 1. The van der Waals surface area contributed by atoms with E-state index in [4.69, 9.17) is 14.9 Å². The summed E-state index contributed by atoms with van der Waals surface area (Å²) in [5.74, 6) is -0.216. The average Bonchev–Trinajstić information content (AvgIpc) is 2.66. The fourth-order valence-corrected chi connectivity index (χ4v) is 1.13. The standard InChI is InChI=1S/C9H8FN3O2/c1-14-9-13-12-8(15-9)6-3-2-5(10)4-7(6)11/h2-4H,11H2,1H3. The fourth-order valence-electron chi connectivity index (χ4n) is 1.13. The Bertz CT molecular complexity index is 484. The quantitative estimate of drug-likeness (QED) is 0.758. The molecular weight excluding hydrogens is 201 g/mol. The van der Waals surface area contributed by atoms with Gasteiger partial charge in [-0.2, -0.15) is 0 Å². The van der Waals surface area contributed by atoms with Crippen molar-refractivity contribution in [2.24, 2.45) is 0 Å². The van der Waals surface area contributed by atoms with Gasteiger partial charge in [0.1, 0.15) is 5.82 Å². The van der Waals surface area contributed by atoms with Gasteiger partial charge in [-0.3, -0.25) is 0 Å². The van der Waals surface area contributed by atoms with Gasteiger partial charge in [-0.05, 0) is 18.2 Å². The first-order chi connectivity index (χ1) is 7.20. The number of nitrogen functional groups attached to an aromatic ring is 1. The maximum atomic E-state index is 12.8. The molecule has 0 unspecified atom stereocenters. The van der Waals surface area contributed by atoms with Gasteiger partial charge in [0.2, 0.25) is 0 Å². The summed E-state index contributed by atoms with van der Waals surface area (Å²) in [6.07, 6.45) is 0.0359. The number of nitrogens with zero attached hydrogens (tertiary/aromatic N) is 2. The Morgan fingerprint density at radius 1 is 1.40 bits per heavy atom. The predicted octanol–water partition coefficient (Wildman–Crippen LogP) is 1.47. The molecule has 0 saturated heterocycles. The molecule has 0 aliphatic rings. The van der Waals surface area contributed by atoms with Gasteiger partial charge in [-0.25, -0.2) is 4.39 Å². The van der Waals surface area contributed by atoms with Gasteiger partial charge in [-0.1, -0.05) is 5.10 Å². The molecule has 1 aromatic heterocycles. The first-order valence-corrected chi connectivity index (χ1v) is 4.13. The van der Waals surface area contributed by atoms with Crippen molar-refractivity contribution in [1.82, 2.24) is 10.2 Å². The summed E-state index contributed by atoms with van der Waals surface area (Å²) in [4.78, 5) is 0. The van der Waals surface area contributed by atoms with Crippen LogP contribution in [0.4, 0.5) is 10.1 Å². The Morgan fingerprint density at radius 3 is 2.80 bits per heavy atom. The van der Waals surface area contributed by atoms with Crippen molar-refractivity contribution >= 4 is 5.69 Å². The molecule has 0 fully saturated rings. The van der Waals surface area contributed by atoms with E-state index < -0.39 is 5.82 Å². The van der Waals surface area contributed by atoms with Crippen LogP contribution in [0.5, 0.6) is 6.08 Å². The number of halogens is 1. The van der Waals surface area contributed by atoms with Crippen molar-refractivity contribution in [3.63, 3.8) is 0 Å². The summed E-state index contributed by atoms with van der Waals surface area (Å²) in [7, 11) is 1.41. The lowest BCUT2D eigenvalue weighted by Gasteiger charge is -1.99. The molecule has 0 spiro atoms. The molecule has 0 atom stereocenters. The summed E-state index contributed by atoms with van der Waals surface area (Å²) in [6.45, 7) is 0. The number of ether oxygens (including phenoxy) is 1. The number of rotatable bonds is 2. The number of hydrogen-bond acceptors (Lipinski definition) is 5. The largest absolute Gasteiger partial charge is 0.452 e. The van der Waals surface area contributed by atoms with Crippen LogP contribution in [0, 0.1) is 5.82 Å². The molecule has 0 bridgehead atoms. The van der Waals surface area contributed by atoms with Crippen molar-refractivity contribution in [1.29, 1.82) is 0 Å². The molecule has 2 N–H and O–H groups in total. The predicted molar refractivity (Wildman–Crippen MR) is 50.7 cm³/mol. The van der Waals surface area contributed by atoms with Crippen LogP contribution in [0.1, 0.15) is 0 Å². The van der Waals surface area contributed by atoms with Crippen molar-refractivity contribution in [2.45, 2.75) is 0 Å². The molecule has 15 heavy (non-hydrogen) atoms. The number of hydrogen-bond donors (Lipinski definition) is 1. The average molecular weight is 209 g/mol. The van der Waals surface area contributed by atoms with Crippen LogP contribution in [0.2, 0.25) is 0 Å². The highest BCUT2D eigenvalue weighted by Gasteiger charge is 2.11. The molecule has 1 heterocycles. The summed E-state index contributed by atoms with van der Waals surface area (Å²) < 4.78 is 22.6. The summed E-state index contributed by atoms with van der Waals surface area (Å²) >= 11 is 0. The van der Waals surface area contributed by atoms with E-state index in [-0.39, 0.29) is 17.7 Å². The van der Waals surface area contributed by atoms with Crippen molar-refractivity contribution in [2.75, 3.05) is 12.8 Å². The molecule has 2 aromatic rings. The lowest BCUT2D eigenvalue weighted by atomic mass is 10.2. The van der Waals surface area contributed by atoms with Crippen LogP contribution in [0.25, 0.3) is 11.5 Å². The molecule has 2 rings (SSSR count). The van der Waals surface area contributed by atoms with Gasteiger partial charge in [0.15, 0.2) is 0 Å². The normalized spacial score (nSPS) is 10.3. The molecular formula is C9H8FN3O2. The van der Waals surface area contributed by atoms with Gasteiger partial charge < -0.3 is 14.9 Å². The van der Waals surface area contributed by atoms with Gasteiger partial charge in [0.05, 0.1) is 12.7 Å². The molecule has 78 valence electrons. The zero-order chi connectivity index (χ0) is 10.8. The van der Waals surface area contributed by atoms with Gasteiger partial charge in [0.25, 0.3) is 5.89 Å². The lowest BCUT2D eigenvalue weighted by molar-refractivity contribution is 0.293. The highest BCUT2D eigenvalue weighted by molar-refractivity contribution is 5.70.